The molecule has 0 amide bonds. The van der Waals surface area contributed by atoms with Crippen LogP contribution < -0.4 is 0 Å². The van der Waals surface area contributed by atoms with E-state index in [1.54, 1.807) is 11.8 Å². The average molecular weight is 196 g/mol. The van der Waals surface area contributed by atoms with E-state index in [2.05, 4.69) is 22.3 Å². The van der Waals surface area contributed by atoms with Crippen LogP contribution in [0.2, 0.25) is 0 Å². The standard InChI is InChI=1S/C9H12N2OS/c1-7-10-11-9(12-7)13-8-5-3-2-4-6-8/h3,5,8H,2,4,6H2,1H3. The summed E-state index contributed by atoms with van der Waals surface area (Å²) in [4.78, 5) is 0. The molecule has 1 unspecified atom stereocenters. The number of nitrogens with zero attached hydrogens (tertiary/aromatic N) is 2. The number of rotatable bonds is 2. The first-order valence-electron chi connectivity index (χ1n) is 4.48. The van der Waals surface area contributed by atoms with Gasteiger partial charge in [0.1, 0.15) is 0 Å². The Bertz CT molecular complexity index is 308. The lowest BCUT2D eigenvalue weighted by Gasteiger charge is -2.12. The van der Waals surface area contributed by atoms with Crippen molar-refractivity contribution in [2.45, 2.75) is 36.7 Å². The first-order chi connectivity index (χ1) is 6.34. The fourth-order valence-corrected chi connectivity index (χ4v) is 2.32. The SMILES string of the molecule is Cc1nnc(SC2C=CCCC2)o1. The fourth-order valence-electron chi connectivity index (χ4n) is 1.33. The lowest BCUT2D eigenvalue weighted by atomic mass is 10.1. The maximum atomic E-state index is 5.29. The Labute approximate surface area is 81.6 Å². The maximum Gasteiger partial charge on any atom is 0.277 e. The molecule has 2 rings (SSSR count). The number of aromatic nitrogens is 2. The fraction of sp³-hybridized carbons (Fsp3) is 0.556. The summed E-state index contributed by atoms with van der Waals surface area (Å²) in [6.07, 6.45) is 8.14. The van der Waals surface area contributed by atoms with Crippen molar-refractivity contribution in [3.8, 4) is 0 Å². The van der Waals surface area contributed by atoms with Gasteiger partial charge in [-0.1, -0.05) is 23.9 Å². The van der Waals surface area contributed by atoms with E-state index in [1.165, 1.54) is 19.3 Å². The molecule has 0 spiro atoms. The highest BCUT2D eigenvalue weighted by Gasteiger charge is 2.13. The van der Waals surface area contributed by atoms with Gasteiger partial charge in [0.15, 0.2) is 0 Å². The zero-order valence-electron chi connectivity index (χ0n) is 7.56. The minimum Gasteiger partial charge on any atom is -0.416 e. The van der Waals surface area contributed by atoms with E-state index >= 15 is 0 Å². The molecule has 0 N–H and O–H groups in total. The predicted octanol–water partition coefficient (Wildman–Crippen LogP) is 2.58. The van der Waals surface area contributed by atoms with Crippen molar-refractivity contribution >= 4 is 11.8 Å². The van der Waals surface area contributed by atoms with Gasteiger partial charge in [0, 0.05) is 12.2 Å². The molecule has 1 atom stereocenters. The number of aryl methyl sites for hydroxylation is 1. The Morgan fingerprint density at radius 1 is 1.54 bits per heavy atom. The van der Waals surface area contributed by atoms with Crippen molar-refractivity contribution in [3.63, 3.8) is 0 Å². The van der Waals surface area contributed by atoms with E-state index in [4.69, 9.17) is 4.42 Å². The Kier molecular flexibility index (Phi) is 2.68. The Balaban J connectivity index is 1.97. The molecule has 1 aliphatic carbocycles. The minimum absolute atomic E-state index is 0.522. The lowest BCUT2D eigenvalue weighted by Crippen LogP contribution is -2.01. The molecule has 0 saturated carbocycles. The molecule has 70 valence electrons. The highest BCUT2D eigenvalue weighted by molar-refractivity contribution is 7.99. The second-order valence-corrected chi connectivity index (χ2v) is 4.29. The molecule has 0 saturated heterocycles. The van der Waals surface area contributed by atoms with Crippen LogP contribution in [0.3, 0.4) is 0 Å². The first-order valence-corrected chi connectivity index (χ1v) is 5.36. The van der Waals surface area contributed by atoms with Gasteiger partial charge in [-0.25, -0.2) is 0 Å². The largest absolute Gasteiger partial charge is 0.416 e. The lowest BCUT2D eigenvalue weighted by molar-refractivity contribution is 0.428. The van der Waals surface area contributed by atoms with Crippen molar-refractivity contribution in [2.75, 3.05) is 0 Å². The topological polar surface area (TPSA) is 38.9 Å². The molecule has 13 heavy (non-hydrogen) atoms. The molecule has 0 aromatic carbocycles. The number of allylic oxidation sites excluding steroid dienone is 1. The second kappa shape index (κ2) is 3.96. The molecule has 1 aromatic heterocycles. The van der Waals surface area contributed by atoms with Gasteiger partial charge in [0.2, 0.25) is 5.89 Å². The smallest absolute Gasteiger partial charge is 0.277 e. The van der Waals surface area contributed by atoms with Crippen molar-refractivity contribution in [1.82, 2.24) is 10.2 Å². The van der Waals surface area contributed by atoms with E-state index in [0.717, 1.165) is 0 Å². The molecule has 4 heteroatoms. The van der Waals surface area contributed by atoms with Gasteiger partial charge in [-0.05, 0) is 19.3 Å². The predicted molar refractivity (Wildman–Crippen MR) is 51.7 cm³/mol. The summed E-state index contributed by atoms with van der Waals surface area (Å²) >= 11 is 1.66. The number of thioether (sulfide) groups is 1. The number of hydrogen-bond donors (Lipinski definition) is 0. The van der Waals surface area contributed by atoms with Gasteiger partial charge in [-0.3, -0.25) is 0 Å². The zero-order chi connectivity index (χ0) is 9.10. The van der Waals surface area contributed by atoms with Crippen LogP contribution in [0.15, 0.2) is 21.8 Å². The van der Waals surface area contributed by atoms with E-state index in [9.17, 15) is 0 Å². The summed E-state index contributed by atoms with van der Waals surface area (Å²) in [5.74, 6) is 0.641. The summed E-state index contributed by atoms with van der Waals surface area (Å²) in [5, 5.41) is 8.95. The maximum absolute atomic E-state index is 5.29. The first kappa shape index (κ1) is 8.81. The quantitative estimate of drug-likeness (QED) is 0.681. The van der Waals surface area contributed by atoms with E-state index in [-0.39, 0.29) is 0 Å². The summed E-state index contributed by atoms with van der Waals surface area (Å²) in [6, 6.07) is 0. The van der Waals surface area contributed by atoms with E-state index < -0.39 is 0 Å². The van der Waals surface area contributed by atoms with Gasteiger partial charge in [-0.15, -0.1) is 10.2 Å². The van der Waals surface area contributed by atoms with Crippen molar-refractivity contribution in [2.24, 2.45) is 0 Å². The van der Waals surface area contributed by atoms with Crippen LogP contribution in [-0.4, -0.2) is 15.4 Å². The van der Waals surface area contributed by atoms with Gasteiger partial charge >= 0.3 is 0 Å². The Morgan fingerprint density at radius 3 is 3.08 bits per heavy atom. The van der Waals surface area contributed by atoms with Crippen LogP contribution in [-0.2, 0) is 0 Å². The monoisotopic (exact) mass is 196 g/mol. The van der Waals surface area contributed by atoms with Crippen LogP contribution in [0.4, 0.5) is 0 Å². The van der Waals surface area contributed by atoms with Crippen LogP contribution in [0.25, 0.3) is 0 Å². The van der Waals surface area contributed by atoms with Crippen molar-refractivity contribution < 1.29 is 4.42 Å². The molecule has 1 aliphatic rings. The van der Waals surface area contributed by atoms with Gasteiger partial charge in [0.25, 0.3) is 5.22 Å². The minimum atomic E-state index is 0.522. The molecule has 0 fully saturated rings. The molecule has 0 bridgehead atoms. The molecule has 1 heterocycles. The van der Waals surface area contributed by atoms with Crippen molar-refractivity contribution in [3.05, 3.63) is 18.0 Å². The highest BCUT2D eigenvalue weighted by atomic mass is 32.2. The van der Waals surface area contributed by atoms with E-state index in [0.29, 0.717) is 16.4 Å². The molecule has 1 aromatic rings. The molecule has 0 aliphatic heterocycles. The third-order valence-electron chi connectivity index (χ3n) is 1.97. The summed E-state index contributed by atoms with van der Waals surface area (Å²) < 4.78 is 5.29. The molecular weight excluding hydrogens is 184 g/mol. The second-order valence-electron chi connectivity index (χ2n) is 3.10. The third kappa shape index (κ3) is 2.34. The van der Waals surface area contributed by atoms with Crippen LogP contribution in [0.1, 0.15) is 25.2 Å². The molecule has 0 radical (unpaired) electrons. The van der Waals surface area contributed by atoms with Gasteiger partial charge in [0.05, 0.1) is 0 Å². The summed E-state index contributed by atoms with van der Waals surface area (Å²) in [6.45, 7) is 1.81. The summed E-state index contributed by atoms with van der Waals surface area (Å²) in [5.41, 5.74) is 0. The van der Waals surface area contributed by atoms with E-state index in [1.807, 2.05) is 6.92 Å². The molecular formula is C9H12N2OS. The zero-order valence-corrected chi connectivity index (χ0v) is 8.38. The van der Waals surface area contributed by atoms with Gasteiger partial charge in [-0.2, -0.15) is 0 Å². The van der Waals surface area contributed by atoms with Crippen molar-refractivity contribution in [1.29, 1.82) is 0 Å². The Hall–Kier alpha value is -0.770. The third-order valence-corrected chi connectivity index (χ3v) is 3.03. The highest BCUT2D eigenvalue weighted by Crippen LogP contribution is 2.28. The number of hydrogen-bond acceptors (Lipinski definition) is 4. The van der Waals surface area contributed by atoms with Crippen LogP contribution in [0.5, 0.6) is 0 Å². The Morgan fingerprint density at radius 2 is 2.46 bits per heavy atom. The van der Waals surface area contributed by atoms with Gasteiger partial charge < -0.3 is 4.42 Å². The summed E-state index contributed by atoms with van der Waals surface area (Å²) in [7, 11) is 0. The average Bonchev–Trinajstić information content (AvgIpc) is 2.53. The van der Waals surface area contributed by atoms with Crippen LogP contribution in [0, 0.1) is 6.92 Å². The van der Waals surface area contributed by atoms with Crippen LogP contribution >= 0.6 is 11.8 Å². The normalized spacial score (nSPS) is 22.1. The molecule has 3 nitrogen and oxygen atoms in total.